The van der Waals surface area contributed by atoms with Gasteiger partial charge >= 0.3 is 0 Å². The Morgan fingerprint density at radius 1 is 0.971 bits per heavy atom. The summed E-state index contributed by atoms with van der Waals surface area (Å²) < 4.78 is 33.3. The van der Waals surface area contributed by atoms with E-state index in [9.17, 15) is 18.0 Å². The average molecular weight is 500 g/mol. The predicted molar refractivity (Wildman–Crippen MR) is 132 cm³/mol. The Morgan fingerprint density at radius 3 is 2.17 bits per heavy atom. The van der Waals surface area contributed by atoms with Crippen LogP contribution in [0.1, 0.15) is 42.6 Å². The summed E-state index contributed by atoms with van der Waals surface area (Å²) in [4.78, 5) is 28.1. The molecule has 2 amide bonds. The maximum Gasteiger partial charge on any atom is 0.251 e. The van der Waals surface area contributed by atoms with Crippen molar-refractivity contribution in [1.82, 2.24) is 14.5 Å². The zero-order valence-electron chi connectivity index (χ0n) is 20.2. The number of ether oxygens (including phenoxy) is 1. The number of amides is 2. The zero-order chi connectivity index (χ0) is 25.0. The number of benzene rings is 2. The second-order valence-electron chi connectivity index (χ2n) is 9.35. The Bertz CT molecular complexity index is 1120. The molecule has 35 heavy (non-hydrogen) atoms. The summed E-state index contributed by atoms with van der Waals surface area (Å²) in [6.45, 7) is 5.67. The van der Waals surface area contributed by atoms with Gasteiger partial charge in [0.2, 0.25) is 15.9 Å². The third kappa shape index (κ3) is 6.09. The highest BCUT2D eigenvalue weighted by Gasteiger charge is 2.32. The molecule has 0 radical (unpaired) electrons. The van der Waals surface area contributed by atoms with E-state index in [1.54, 1.807) is 4.90 Å². The van der Waals surface area contributed by atoms with Gasteiger partial charge in [-0.05, 0) is 56.5 Å². The molecule has 2 aliphatic heterocycles. The number of likely N-dealkylation sites (tertiary alicyclic amines) is 1. The van der Waals surface area contributed by atoms with E-state index in [-0.39, 0.29) is 36.1 Å². The van der Waals surface area contributed by atoms with Gasteiger partial charge in [0.1, 0.15) is 6.04 Å². The molecule has 1 N–H and O–H groups in total. The van der Waals surface area contributed by atoms with Crippen LogP contribution >= 0.6 is 0 Å². The molecule has 9 heteroatoms. The lowest BCUT2D eigenvalue weighted by atomic mass is 10.0. The highest BCUT2D eigenvalue weighted by atomic mass is 32.2. The number of carbonyl (C=O) groups excluding carboxylic acids is 2. The van der Waals surface area contributed by atoms with E-state index >= 15 is 0 Å². The van der Waals surface area contributed by atoms with E-state index in [1.165, 1.54) is 28.6 Å². The molecule has 0 spiro atoms. The molecular formula is C26H33N3O5S. The number of carbonyl (C=O) groups is 2. The first-order chi connectivity index (χ1) is 16.7. The van der Waals surface area contributed by atoms with Gasteiger partial charge in [-0.3, -0.25) is 9.59 Å². The van der Waals surface area contributed by atoms with Crippen molar-refractivity contribution in [3.8, 4) is 0 Å². The van der Waals surface area contributed by atoms with Gasteiger partial charge in [-0.1, -0.05) is 30.3 Å². The number of nitrogens with zero attached hydrogens (tertiary/aromatic N) is 2. The lowest BCUT2D eigenvalue weighted by Crippen LogP contribution is -2.49. The topological polar surface area (TPSA) is 96.0 Å². The monoisotopic (exact) mass is 499 g/mol. The van der Waals surface area contributed by atoms with Crippen LogP contribution in [0, 0.1) is 0 Å². The van der Waals surface area contributed by atoms with Crippen molar-refractivity contribution in [2.24, 2.45) is 0 Å². The van der Waals surface area contributed by atoms with E-state index in [4.69, 9.17) is 4.74 Å². The lowest BCUT2D eigenvalue weighted by Gasteiger charge is -2.34. The fourth-order valence-electron chi connectivity index (χ4n) is 4.70. The minimum atomic E-state index is -3.70. The summed E-state index contributed by atoms with van der Waals surface area (Å²) >= 11 is 0. The van der Waals surface area contributed by atoms with E-state index in [0.29, 0.717) is 25.1 Å². The van der Waals surface area contributed by atoms with Gasteiger partial charge in [-0.2, -0.15) is 4.31 Å². The molecule has 2 aromatic rings. The SMILES string of the molecule is C[C@@H]1CN(S(=O)(=O)c2ccc(C(=O)N[C@@H](Cc3ccccc3)C(=O)N3CCCC3)cc2)C[C@H](C)O1. The third-order valence-electron chi connectivity index (χ3n) is 6.44. The Kier molecular flexibility index (Phi) is 7.88. The molecule has 8 nitrogen and oxygen atoms in total. The zero-order valence-corrected chi connectivity index (χ0v) is 21.0. The molecule has 3 atom stereocenters. The number of hydrogen-bond acceptors (Lipinski definition) is 5. The standard InChI is InChI=1S/C26H33N3O5S/c1-19-17-29(18-20(2)34-19)35(32,33)23-12-10-22(11-13-23)25(30)27-24(16-21-8-4-3-5-9-21)26(31)28-14-6-7-15-28/h3-5,8-13,19-20,24H,6-7,14-18H2,1-2H3,(H,27,30)/t19-,20+,24-/m0/s1. The quantitative estimate of drug-likeness (QED) is 0.631. The van der Waals surface area contributed by atoms with Crippen LogP contribution in [-0.4, -0.2) is 73.9 Å². The Balaban J connectivity index is 1.48. The maximum absolute atomic E-state index is 13.1. The number of morpholine rings is 1. The van der Waals surface area contributed by atoms with Crippen LogP contribution in [0.25, 0.3) is 0 Å². The third-order valence-corrected chi connectivity index (χ3v) is 8.29. The highest BCUT2D eigenvalue weighted by Crippen LogP contribution is 2.22. The Hall–Kier alpha value is -2.75. The number of hydrogen-bond donors (Lipinski definition) is 1. The second-order valence-corrected chi connectivity index (χ2v) is 11.3. The first-order valence-corrected chi connectivity index (χ1v) is 13.6. The Morgan fingerprint density at radius 2 is 1.57 bits per heavy atom. The molecule has 2 aliphatic rings. The lowest BCUT2D eigenvalue weighted by molar-refractivity contribution is -0.132. The fourth-order valence-corrected chi connectivity index (χ4v) is 6.29. The summed E-state index contributed by atoms with van der Waals surface area (Å²) in [5.74, 6) is -0.495. The van der Waals surface area contributed by atoms with Gasteiger partial charge in [-0.15, -0.1) is 0 Å². The van der Waals surface area contributed by atoms with Crippen LogP contribution in [0.5, 0.6) is 0 Å². The number of sulfonamides is 1. The van der Waals surface area contributed by atoms with E-state index in [1.807, 2.05) is 44.2 Å². The number of rotatable bonds is 7. The largest absolute Gasteiger partial charge is 0.373 e. The van der Waals surface area contributed by atoms with E-state index in [2.05, 4.69) is 5.32 Å². The van der Waals surface area contributed by atoms with Gasteiger partial charge < -0.3 is 15.0 Å². The molecule has 4 rings (SSSR count). The van der Waals surface area contributed by atoms with Crippen LogP contribution in [0.3, 0.4) is 0 Å². The van der Waals surface area contributed by atoms with E-state index in [0.717, 1.165) is 18.4 Å². The van der Waals surface area contributed by atoms with Gasteiger partial charge in [-0.25, -0.2) is 8.42 Å². The maximum atomic E-state index is 13.1. The van der Waals surface area contributed by atoms with Crippen molar-refractivity contribution in [3.05, 3.63) is 65.7 Å². The van der Waals surface area contributed by atoms with Gasteiger partial charge in [0.25, 0.3) is 5.91 Å². The molecule has 0 aromatic heterocycles. The molecule has 188 valence electrons. The first kappa shape index (κ1) is 25.3. The van der Waals surface area contributed by atoms with Crippen molar-refractivity contribution in [2.75, 3.05) is 26.2 Å². The smallest absolute Gasteiger partial charge is 0.251 e. The summed E-state index contributed by atoms with van der Waals surface area (Å²) in [5.41, 5.74) is 1.26. The second kappa shape index (κ2) is 10.9. The minimum Gasteiger partial charge on any atom is -0.373 e. The molecule has 0 bridgehead atoms. The van der Waals surface area contributed by atoms with Crippen molar-refractivity contribution >= 4 is 21.8 Å². The molecule has 2 heterocycles. The normalized spacial score (nSPS) is 22.1. The van der Waals surface area contributed by atoms with Crippen LogP contribution in [0.4, 0.5) is 0 Å². The molecule has 0 saturated carbocycles. The van der Waals surface area contributed by atoms with Crippen LogP contribution in [0.2, 0.25) is 0 Å². The molecular weight excluding hydrogens is 466 g/mol. The summed E-state index contributed by atoms with van der Waals surface area (Å²) in [5, 5.41) is 2.89. The predicted octanol–water partition coefficient (Wildman–Crippen LogP) is 2.45. The van der Waals surface area contributed by atoms with Crippen molar-refractivity contribution in [3.63, 3.8) is 0 Å². The molecule has 0 unspecified atom stereocenters. The van der Waals surface area contributed by atoms with Gasteiger partial charge in [0, 0.05) is 38.2 Å². The van der Waals surface area contributed by atoms with Crippen LogP contribution < -0.4 is 5.32 Å². The summed E-state index contributed by atoms with van der Waals surface area (Å²) in [6.07, 6.45) is 1.95. The van der Waals surface area contributed by atoms with Crippen molar-refractivity contribution in [1.29, 1.82) is 0 Å². The summed E-state index contributed by atoms with van der Waals surface area (Å²) in [6, 6.07) is 14.8. The highest BCUT2D eigenvalue weighted by molar-refractivity contribution is 7.89. The Labute approximate surface area is 207 Å². The summed E-state index contributed by atoms with van der Waals surface area (Å²) in [7, 11) is -3.70. The van der Waals surface area contributed by atoms with Crippen LogP contribution in [0.15, 0.2) is 59.5 Å². The molecule has 0 aliphatic carbocycles. The van der Waals surface area contributed by atoms with E-state index < -0.39 is 22.0 Å². The first-order valence-electron chi connectivity index (χ1n) is 12.1. The fraction of sp³-hybridized carbons (Fsp3) is 0.462. The molecule has 2 saturated heterocycles. The van der Waals surface area contributed by atoms with Crippen molar-refractivity contribution in [2.45, 2.75) is 56.3 Å². The number of nitrogens with one attached hydrogen (secondary N) is 1. The van der Waals surface area contributed by atoms with Gasteiger partial charge in [0.15, 0.2) is 0 Å². The molecule has 2 fully saturated rings. The van der Waals surface area contributed by atoms with Gasteiger partial charge in [0.05, 0.1) is 17.1 Å². The van der Waals surface area contributed by atoms with Crippen LogP contribution in [-0.2, 0) is 26.0 Å². The molecule has 2 aromatic carbocycles. The average Bonchev–Trinajstić information content (AvgIpc) is 3.38. The van der Waals surface area contributed by atoms with Crippen molar-refractivity contribution < 1.29 is 22.7 Å². The minimum absolute atomic E-state index is 0.0885.